The molecule has 1 amide bonds. The molecule has 0 fully saturated rings. The summed E-state index contributed by atoms with van der Waals surface area (Å²) in [4.78, 5) is 19.9. The lowest BCUT2D eigenvalue weighted by Crippen LogP contribution is -2.20. The summed E-state index contributed by atoms with van der Waals surface area (Å²) in [6.07, 6.45) is 1.46. The van der Waals surface area contributed by atoms with Crippen LogP contribution in [0.3, 0.4) is 0 Å². The molecular weight excluding hydrogens is 268 g/mol. The Balaban J connectivity index is 2.30. The molecular formula is C11H13ClN6O. The van der Waals surface area contributed by atoms with Gasteiger partial charge in [0.1, 0.15) is 10.8 Å². The van der Waals surface area contributed by atoms with Crippen molar-refractivity contribution in [3.05, 3.63) is 28.8 Å². The van der Waals surface area contributed by atoms with Gasteiger partial charge < -0.3 is 5.73 Å². The molecule has 0 unspecified atom stereocenters. The lowest BCUT2D eigenvalue weighted by Gasteiger charge is -2.06. The molecule has 0 radical (unpaired) electrons. The molecule has 3 N–H and O–H groups in total. The van der Waals surface area contributed by atoms with Crippen molar-refractivity contribution in [2.45, 2.75) is 20.4 Å². The van der Waals surface area contributed by atoms with Gasteiger partial charge in [-0.25, -0.2) is 9.97 Å². The number of anilines is 2. The molecule has 2 aromatic heterocycles. The number of amides is 1. The first-order valence-electron chi connectivity index (χ1n) is 5.65. The number of hydrogen-bond acceptors (Lipinski definition) is 5. The zero-order chi connectivity index (χ0) is 14.0. The summed E-state index contributed by atoms with van der Waals surface area (Å²) in [5, 5.41) is 6.96. The van der Waals surface area contributed by atoms with Crippen LogP contribution in [0.2, 0.25) is 5.15 Å². The summed E-state index contributed by atoms with van der Waals surface area (Å²) in [6, 6.07) is 1.52. The van der Waals surface area contributed by atoms with E-state index >= 15 is 0 Å². The van der Waals surface area contributed by atoms with Gasteiger partial charge in [0.2, 0.25) is 5.95 Å². The lowest BCUT2D eigenvalue weighted by atomic mass is 10.3. The van der Waals surface area contributed by atoms with Gasteiger partial charge in [0.15, 0.2) is 0 Å². The van der Waals surface area contributed by atoms with Gasteiger partial charge in [-0.2, -0.15) is 5.10 Å². The zero-order valence-electron chi connectivity index (χ0n) is 10.5. The molecule has 2 heterocycles. The Labute approximate surface area is 114 Å². The van der Waals surface area contributed by atoms with Crippen LogP contribution in [0.5, 0.6) is 0 Å². The summed E-state index contributed by atoms with van der Waals surface area (Å²) >= 11 is 5.72. The van der Waals surface area contributed by atoms with E-state index in [0.29, 0.717) is 23.6 Å². The number of nitrogens with two attached hydrogens (primary N) is 1. The first-order chi connectivity index (χ1) is 9.02. The Hall–Kier alpha value is -2.15. The number of aryl methyl sites for hydroxylation is 2. The van der Waals surface area contributed by atoms with Crippen molar-refractivity contribution in [2.75, 3.05) is 11.1 Å². The number of rotatable bonds is 3. The van der Waals surface area contributed by atoms with Gasteiger partial charge in [0, 0.05) is 12.7 Å². The van der Waals surface area contributed by atoms with E-state index in [1.54, 1.807) is 6.92 Å². The fourth-order valence-electron chi connectivity index (χ4n) is 1.62. The van der Waals surface area contributed by atoms with Crippen molar-refractivity contribution in [2.24, 2.45) is 0 Å². The molecule has 0 aliphatic heterocycles. The molecule has 0 aromatic carbocycles. The van der Waals surface area contributed by atoms with Crippen molar-refractivity contribution < 1.29 is 4.79 Å². The second kappa shape index (κ2) is 5.23. The molecule has 0 aliphatic carbocycles. The molecule has 2 rings (SSSR count). The van der Waals surface area contributed by atoms with Crippen LogP contribution in [-0.4, -0.2) is 25.7 Å². The maximum atomic E-state index is 12.2. The van der Waals surface area contributed by atoms with Gasteiger partial charge in [-0.05, 0) is 19.9 Å². The topological polar surface area (TPSA) is 98.7 Å². The quantitative estimate of drug-likeness (QED) is 0.830. The van der Waals surface area contributed by atoms with Crippen LogP contribution >= 0.6 is 11.6 Å². The van der Waals surface area contributed by atoms with Gasteiger partial charge in [-0.1, -0.05) is 11.6 Å². The average molecular weight is 281 g/mol. The normalized spacial score (nSPS) is 10.5. The largest absolute Gasteiger partial charge is 0.395 e. The summed E-state index contributed by atoms with van der Waals surface area (Å²) < 4.78 is 1.53. The highest BCUT2D eigenvalue weighted by Crippen LogP contribution is 2.17. The summed E-state index contributed by atoms with van der Waals surface area (Å²) in [7, 11) is 0. The number of hydrogen-bond donors (Lipinski definition) is 2. The van der Waals surface area contributed by atoms with E-state index in [1.807, 2.05) is 6.92 Å². The minimum Gasteiger partial charge on any atom is -0.395 e. The van der Waals surface area contributed by atoms with E-state index in [0.717, 1.165) is 0 Å². The third kappa shape index (κ3) is 2.65. The molecule has 19 heavy (non-hydrogen) atoms. The number of aromatic nitrogens is 4. The summed E-state index contributed by atoms with van der Waals surface area (Å²) in [5.74, 6) is -0.291. The summed E-state index contributed by atoms with van der Waals surface area (Å²) in [6.45, 7) is 4.16. The number of halogens is 1. The third-order valence-electron chi connectivity index (χ3n) is 2.54. The fourth-order valence-corrected chi connectivity index (χ4v) is 1.76. The Morgan fingerprint density at radius 3 is 2.95 bits per heavy atom. The highest BCUT2D eigenvalue weighted by atomic mass is 35.5. The Morgan fingerprint density at radius 2 is 2.32 bits per heavy atom. The minimum absolute atomic E-state index is 0.124. The standard InChI is InChI=1S/C11H13ClN6O/c1-3-18-9(8(13)6(2)17-18)10(19)16-11-14-5-4-7(12)15-11/h4-5H,3,13H2,1-2H3,(H,14,15,16,19). The van der Waals surface area contributed by atoms with Crippen LogP contribution in [0.4, 0.5) is 11.6 Å². The smallest absolute Gasteiger partial charge is 0.278 e. The molecule has 0 atom stereocenters. The van der Waals surface area contributed by atoms with E-state index in [1.165, 1.54) is 16.9 Å². The molecule has 100 valence electrons. The first kappa shape index (κ1) is 13.3. The van der Waals surface area contributed by atoms with Crippen molar-refractivity contribution in [1.29, 1.82) is 0 Å². The number of carbonyl (C=O) groups is 1. The van der Waals surface area contributed by atoms with E-state index in [2.05, 4.69) is 20.4 Å². The molecule has 8 heteroatoms. The highest BCUT2D eigenvalue weighted by Gasteiger charge is 2.19. The molecule has 0 bridgehead atoms. The molecule has 7 nitrogen and oxygen atoms in total. The van der Waals surface area contributed by atoms with Crippen LogP contribution in [0.15, 0.2) is 12.3 Å². The number of nitrogens with zero attached hydrogens (tertiary/aromatic N) is 4. The van der Waals surface area contributed by atoms with E-state index in [9.17, 15) is 4.79 Å². The minimum atomic E-state index is -0.415. The molecule has 2 aromatic rings. The Bertz CT molecular complexity index is 624. The highest BCUT2D eigenvalue weighted by molar-refractivity contribution is 6.29. The second-order valence-electron chi connectivity index (χ2n) is 3.82. The van der Waals surface area contributed by atoms with Crippen LogP contribution in [0.25, 0.3) is 0 Å². The second-order valence-corrected chi connectivity index (χ2v) is 4.21. The maximum Gasteiger partial charge on any atom is 0.278 e. The zero-order valence-corrected chi connectivity index (χ0v) is 11.3. The third-order valence-corrected chi connectivity index (χ3v) is 2.75. The van der Waals surface area contributed by atoms with Crippen molar-refractivity contribution in [3.63, 3.8) is 0 Å². The van der Waals surface area contributed by atoms with Crippen molar-refractivity contribution >= 4 is 29.1 Å². The van der Waals surface area contributed by atoms with Crippen molar-refractivity contribution in [3.8, 4) is 0 Å². The first-order valence-corrected chi connectivity index (χ1v) is 6.03. The van der Waals surface area contributed by atoms with Crippen LogP contribution in [0, 0.1) is 6.92 Å². The SMILES string of the molecule is CCn1nc(C)c(N)c1C(=O)Nc1nccc(Cl)n1. The summed E-state index contributed by atoms with van der Waals surface area (Å²) in [5.41, 5.74) is 7.11. The lowest BCUT2D eigenvalue weighted by molar-refractivity contribution is 0.101. The maximum absolute atomic E-state index is 12.2. The van der Waals surface area contributed by atoms with Gasteiger partial charge in [0.05, 0.1) is 11.4 Å². The van der Waals surface area contributed by atoms with Crippen LogP contribution in [-0.2, 0) is 6.54 Å². The molecule has 0 spiro atoms. The molecule has 0 saturated heterocycles. The van der Waals surface area contributed by atoms with Gasteiger partial charge >= 0.3 is 0 Å². The monoisotopic (exact) mass is 280 g/mol. The molecule has 0 aliphatic rings. The number of nitrogens with one attached hydrogen (secondary N) is 1. The van der Waals surface area contributed by atoms with Crippen molar-refractivity contribution in [1.82, 2.24) is 19.7 Å². The van der Waals surface area contributed by atoms with Crippen LogP contribution in [0.1, 0.15) is 23.1 Å². The Morgan fingerprint density at radius 1 is 1.58 bits per heavy atom. The van der Waals surface area contributed by atoms with Gasteiger partial charge in [-0.15, -0.1) is 0 Å². The van der Waals surface area contributed by atoms with Gasteiger partial charge in [0.25, 0.3) is 5.91 Å². The predicted molar refractivity (Wildman–Crippen MR) is 72.0 cm³/mol. The molecule has 0 saturated carbocycles. The van der Waals surface area contributed by atoms with E-state index in [-0.39, 0.29) is 11.1 Å². The number of nitrogen functional groups attached to an aromatic ring is 1. The van der Waals surface area contributed by atoms with E-state index < -0.39 is 5.91 Å². The van der Waals surface area contributed by atoms with Gasteiger partial charge in [-0.3, -0.25) is 14.8 Å². The average Bonchev–Trinajstić information content (AvgIpc) is 2.65. The van der Waals surface area contributed by atoms with Crippen LogP contribution < -0.4 is 11.1 Å². The Kier molecular flexibility index (Phi) is 3.66. The predicted octanol–water partition coefficient (Wildman–Crippen LogP) is 1.49. The number of carbonyl (C=O) groups excluding carboxylic acids is 1. The fraction of sp³-hybridized carbons (Fsp3) is 0.273. The van der Waals surface area contributed by atoms with E-state index in [4.69, 9.17) is 17.3 Å².